The molecule has 1 aromatic heterocycles. The van der Waals surface area contributed by atoms with E-state index in [1.54, 1.807) is 44.2 Å². The lowest BCUT2D eigenvalue weighted by molar-refractivity contribution is -0.115. The molecule has 8 nitrogen and oxygen atoms in total. The molecule has 0 aliphatic carbocycles. The number of furan rings is 1. The average Bonchev–Trinajstić information content (AvgIpc) is 3.00. The quantitative estimate of drug-likeness (QED) is 0.545. The summed E-state index contributed by atoms with van der Waals surface area (Å²) in [4.78, 5) is 35.3. The van der Waals surface area contributed by atoms with Gasteiger partial charge in [0, 0.05) is 12.6 Å². The molecule has 2 aromatic rings. The van der Waals surface area contributed by atoms with Crippen LogP contribution in [0, 0.1) is 6.92 Å². The van der Waals surface area contributed by atoms with E-state index in [9.17, 15) is 14.4 Å². The summed E-state index contributed by atoms with van der Waals surface area (Å²) in [6, 6.07) is 8.40. The number of benzene rings is 1. The largest absolute Gasteiger partial charge is 0.469 e. The minimum Gasteiger partial charge on any atom is -0.469 e. The predicted octanol–water partition coefficient (Wildman–Crippen LogP) is 2.68. The molecular weight excluding hydrogens is 336 g/mol. The number of hydrogen-bond donors (Lipinski definition) is 3. The number of nitrogens with zero attached hydrogens (tertiary/aromatic N) is 1. The summed E-state index contributed by atoms with van der Waals surface area (Å²) >= 11 is 0. The van der Waals surface area contributed by atoms with Gasteiger partial charge >= 0.3 is 0 Å². The van der Waals surface area contributed by atoms with Gasteiger partial charge in [-0.1, -0.05) is 12.1 Å². The van der Waals surface area contributed by atoms with Gasteiger partial charge in [-0.15, -0.1) is 0 Å². The maximum absolute atomic E-state index is 12.2. The first kappa shape index (κ1) is 18.9. The van der Waals surface area contributed by atoms with Gasteiger partial charge in [-0.25, -0.2) is 5.43 Å². The Morgan fingerprint density at radius 3 is 2.27 bits per heavy atom. The molecule has 3 N–H and O–H groups in total. The summed E-state index contributed by atoms with van der Waals surface area (Å²) in [7, 11) is 0. The van der Waals surface area contributed by atoms with Crippen molar-refractivity contribution in [2.75, 3.05) is 10.6 Å². The van der Waals surface area contributed by atoms with Gasteiger partial charge in [0.25, 0.3) is 5.91 Å². The molecule has 0 atom stereocenters. The van der Waals surface area contributed by atoms with Gasteiger partial charge in [0.1, 0.15) is 5.76 Å². The number of rotatable bonds is 6. The molecule has 0 bridgehead atoms. The molecule has 136 valence electrons. The molecule has 0 fully saturated rings. The van der Waals surface area contributed by atoms with Crippen LogP contribution in [0.3, 0.4) is 0 Å². The molecule has 0 aliphatic heterocycles. The van der Waals surface area contributed by atoms with Crippen LogP contribution in [0.15, 0.2) is 46.1 Å². The van der Waals surface area contributed by atoms with Crippen molar-refractivity contribution >= 4 is 34.8 Å². The highest BCUT2D eigenvalue weighted by Crippen LogP contribution is 2.21. The number of amides is 3. The van der Waals surface area contributed by atoms with Crippen molar-refractivity contribution in [3.8, 4) is 0 Å². The second-order valence-electron chi connectivity index (χ2n) is 5.63. The van der Waals surface area contributed by atoms with Crippen molar-refractivity contribution in [1.82, 2.24) is 5.43 Å². The van der Waals surface area contributed by atoms with Gasteiger partial charge < -0.3 is 15.1 Å². The number of hydrogen-bond acceptors (Lipinski definition) is 5. The van der Waals surface area contributed by atoms with Gasteiger partial charge in [-0.05, 0) is 32.0 Å². The molecular formula is C18H20N4O4. The maximum atomic E-state index is 12.2. The Morgan fingerprint density at radius 1 is 1.04 bits per heavy atom. The summed E-state index contributed by atoms with van der Waals surface area (Å²) in [6.07, 6.45) is 1.40. The van der Waals surface area contributed by atoms with Gasteiger partial charge in [-0.3, -0.25) is 14.4 Å². The summed E-state index contributed by atoms with van der Waals surface area (Å²) < 4.78 is 5.06. The predicted molar refractivity (Wildman–Crippen MR) is 98.0 cm³/mol. The van der Waals surface area contributed by atoms with Crippen molar-refractivity contribution in [3.63, 3.8) is 0 Å². The van der Waals surface area contributed by atoms with Gasteiger partial charge in [-0.2, -0.15) is 5.10 Å². The lowest BCUT2D eigenvalue weighted by Gasteiger charge is -2.11. The molecule has 1 aromatic carbocycles. The summed E-state index contributed by atoms with van der Waals surface area (Å²) in [5, 5.41) is 9.27. The lowest BCUT2D eigenvalue weighted by Crippen LogP contribution is -2.22. The molecule has 0 saturated heterocycles. The van der Waals surface area contributed by atoms with Crippen molar-refractivity contribution in [1.29, 1.82) is 0 Å². The van der Waals surface area contributed by atoms with Crippen LogP contribution in [-0.2, 0) is 9.59 Å². The van der Waals surface area contributed by atoms with E-state index in [1.165, 1.54) is 13.2 Å². The first-order chi connectivity index (χ1) is 12.4. The molecule has 0 unspecified atom stereocenters. The number of aryl methyl sites for hydroxylation is 1. The standard InChI is InChI=1S/C18H20N4O4/c1-11(21-22-18(25)14-8-9-26-12(14)2)10-17(24)20-16-7-5-4-6-15(16)19-13(3)23/h4-9H,10H2,1-3H3,(H,19,23)(H,20,24)(H,22,25). The SMILES string of the molecule is CC(=O)Nc1ccccc1NC(=O)CC(C)=NNC(=O)c1ccoc1C. The monoisotopic (exact) mass is 356 g/mol. The van der Waals surface area contributed by atoms with Crippen molar-refractivity contribution in [3.05, 3.63) is 47.9 Å². The molecule has 3 amide bonds. The zero-order valence-electron chi connectivity index (χ0n) is 14.8. The zero-order valence-corrected chi connectivity index (χ0v) is 14.8. The first-order valence-corrected chi connectivity index (χ1v) is 7.91. The molecule has 26 heavy (non-hydrogen) atoms. The van der Waals surface area contributed by atoms with E-state index in [1.807, 2.05) is 0 Å². The number of hydrazone groups is 1. The normalized spacial score (nSPS) is 11.0. The van der Waals surface area contributed by atoms with E-state index in [0.29, 0.717) is 28.4 Å². The smallest absolute Gasteiger partial charge is 0.274 e. The highest BCUT2D eigenvalue weighted by Gasteiger charge is 2.12. The van der Waals surface area contributed by atoms with Crippen LogP contribution >= 0.6 is 0 Å². The Labute approximate surface area is 150 Å². The van der Waals surface area contributed by atoms with Crippen LogP contribution in [0.5, 0.6) is 0 Å². The van der Waals surface area contributed by atoms with Crippen LogP contribution in [0.2, 0.25) is 0 Å². The van der Waals surface area contributed by atoms with Crippen LogP contribution in [0.1, 0.15) is 36.4 Å². The number of nitrogens with one attached hydrogen (secondary N) is 3. The van der Waals surface area contributed by atoms with Crippen molar-refractivity contribution in [2.24, 2.45) is 5.10 Å². The number of para-hydroxylation sites is 2. The second kappa shape index (κ2) is 8.61. The minimum absolute atomic E-state index is 0.0148. The summed E-state index contributed by atoms with van der Waals surface area (Å²) in [5.74, 6) is -0.478. The topological polar surface area (TPSA) is 113 Å². The fourth-order valence-corrected chi connectivity index (χ4v) is 2.18. The van der Waals surface area contributed by atoms with E-state index in [2.05, 4.69) is 21.2 Å². The maximum Gasteiger partial charge on any atom is 0.274 e. The number of anilines is 2. The van der Waals surface area contributed by atoms with Crippen LogP contribution in [0.4, 0.5) is 11.4 Å². The third-order valence-electron chi connectivity index (χ3n) is 3.38. The Balaban J connectivity index is 1.94. The fourth-order valence-electron chi connectivity index (χ4n) is 2.18. The minimum atomic E-state index is -0.410. The van der Waals surface area contributed by atoms with Crippen LogP contribution < -0.4 is 16.1 Å². The van der Waals surface area contributed by atoms with E-state index in [4.69, 9.17) is 4.42 Å². The Hall–Kier alpha value is -3.42. The summed E-state index contributed by atoms with van der Waals surface area (Å²) in [5.41, 5.74) is 4.18. The number of carbonyl (C=O) groups is 3. The van der Waals surface area contributed by atoms with Gasteiger partial charge in [0.15, 0.2) is 0 Å². The molecule has 0 spiro atoms. The second-order valence-corrected chi connectivity index (χ2v) is 5.63. The van der Waals surface area contributed by atoms with Gasteiger partial charge in [0.2, 0.25) is 11.8 Å². The van der Waals surface area contributed by atoms with Gasteiger partial charge in [0.05, 0.1) is 29.6 Å². The Bertz CT molecular complexity index is 854. The Morgan fingerprint density at radius 2 is 1.69 bits per heavy atom. The van der Waals surface area contributed by atoms with E-state index in [-0.39, 0.29) is 18.2 Å². The molecule has 2 rings (SSSR count). The third-order valence-corrected chi connectivity index (χ3v) is 3.38. The molecule has 0 saturated carbocycles. The Kier molecular flexibility index (Phi) is 6.26. The fraction of sp³-hybridized carbons (Fsp3) is 0.222. The van der Waals surface area contributed by atoms with E-state index < -0.39 is 5.91 Å². The average molecular weight is 356 g/mol. The van der Waals surface area contributed by atoms with Crippen LogP contribution in [-0.4, -0.2) is 23.4 Å². The third kappa shape index (κ3) is 5.30. The number of carbonyl (C=O) groups excluding carboxylic acids is 3. The molecule has 0 radical (unpaired) electrons. The highest BCUT2D eigenvalue weighted by molar-refractivity contribution is 6.08. The van der Waals surface area contributed by atoms with Crippen molar-refractivity contribution in [2.45, 2.75) is 27.2 Å². The van der Waals surface area contributed by atoms with E-state index >= 15 is 0 Å². The lowest BCUT2D eigenvalue weighted by atomic mass is 10.2. The zero-order chi connectivity index (χ0) is 19.1. The van der Waals surface area contributed by atoms with E-state index in [0.717, 1.165) is 0 Å². The van der Waals surface area contributed by atoms with Crippen LogP contribution in [0.25, 0.3) is 0 Å². The highest BCUT2D eigenvalue weighted by atomic mass is 16.3. The first-order valence-electron chi connectivity index (χ1n) is 7.91. The molecule has 8 heteroatoms. The molecule has 0 aliphatic rings. The van der Waals surface area contributed by atoms with Crippen molar-refractivity contribution < 1.29 is 18.8 Å². The molecule has 1 heterocycles. The summed E-state index contributed by atoms with van der Waals surface area (Å²) in [6.45, 7) is 4.69.